The quantitative estimate of drug-likeness (QED) is 0.519. The summed E-state index contributed by atoms with van der Waals surface area (Å²) in [5.41, 5.74) is 4.32. The summed E-state index contributed by atoms with van der Waals surface area (Å²) in [6, 6.07) is 23.1. The molecule has 4 heteroatoms. The molecule has 2 aliphatic rings. The number of nitrogens with zero attached hydrogens (tertiary/aromatic N) is 1. The van der Waals surface area contributed by atoms with Gasteiger partial charge in [-0.25, -0.2) is 0 Å². The van der Waals surface area contributed by atoms with Crippen LogP contribution in [0.4, 0.5) is 0 Å². The van der Waals surface area contributed by atoms with Crippen LogP contribution >= 0.6 is 0 Å². The summed E-state index contributed by atoms with van der Waals surface area (Å²) in [6.07, 6.45) is 10.0. The van der Waals surface area contributed by atoms with Gasteiger partial charge in [0.05, 0.1) is 5.69 Å². The van der Waals surface area contributed by atoms with E-state index in [-0.39, 0.29) is 11.3 Å². The van der Waals surface area contributed by atoms with Crippen molar-refractivity contribution in [2.45, 2.75) is 63.0 Å². The van der Waals surface area contributed by atoms with Crippen molar-refractivity contribution in [2.75, 3.05) is 0 Å². The van der Waals surface area contributed by atoms with E-state index in [4.69, 9.17) is 4.74 Å². The molecule has 5 rings (SSSR count). The molecule has 2 fully saturated rings. The van der Waals surface area contributed by atoms with Gasteiger partial charge in [-0.3, -0.25) is 9.78 Å². The molecule has 2 aromatic carbocycles. The first-order valence-electron chi connectivity index (χ1n) is 11.8. The Bertz CT molecular complexity index is 1040. The van der Waals surface area contributed by atoms with Gasteiger partial charge in [0.1, 0.15) is 12.4 Å². The van der Waals surface area contributed by atoms with Crippen molar-refractivity contribution in [3.05, 3.63) is 95.3 Å². The lowest BCUT2D eigenvalue weighted by molar-refractivity contribution is 0.0951. The molecule has 0 atom stereocenters. The number of aromatic nitrogens is 1. The van der Waals surface area contributed by atoms with Crippen LogP contribution in [-0.2, 0) is 12.0 Å². The van der Waals surface area contributed by atoms with E-state index in [0.29, 0.717) is 12.6 Å². The van der Waals surface area contributed by atoms with Gasteiger partial charge >= 0.3 is 0 Å². The third-order valence-electron chi connectivity index (χ3n) is 6.84. The summed E-state index contributed by atoms with van der Waals surface area (Å²) in [7, 11) is 0. The Morgan fingerprint density at radius 2 is 1.59 bits per heavy atom. The van der Waals surface area contributed by atoms with E-state index in [9.17, 15) is 4.79 Å². The highest BCUT2D eigenvalue weighted by atomic mass is 16.5. The maximum atomic E-state index is 12.4. The smallest absolute Gasteiger partial charge is 0.251 e. The second-order valence-electron chi connectivity index (χ2n) is 9.10. The van der Waals surface area contributed by atoms with Gasteiger partial charge in [-0.1, -0.05) is 49.6 Å². The fourth-order valence-corrected chi connectivity index (χ4v) is 4.85. The largest absolute Gasteiger partial charge is 0.487 e. The van der Waals surface area contributed by atoms with Crippen molar-refractivity contribution in [3.63, 3.8) is 0 Å². The van der Waals surface area contributed by atoms with Gasteiger partial charge in [-0.15, -0.1) is 0 Å². The lowest BCUT2D eigenvalue weighted by Crippen LogP contribution is -2.31. The minimum atomic E-state index is 0.00324. The third-order valence-corrected chi connectivity index (χ3v) is 6.84. The molecule has 1 aromatic heterocycles. The molecule has 32 heavy (non-hydrogen) atoms. The van der Waals surface area contributed by atoms with Crippen LogP contribution in [0.5, 0.6) is 5.75 Å². The van der Waals surface area contributed by atoms with Gasteiger partial charge < -0.3 is 10.1 Å². The number of carbonyl (C=O) groups excluding carboxylic acids is 1. The number of hydrogen-bond donors (Lipinski definition) is 1. The Hall–Kier alpha value is -3.14. The number of carbonyl (C=O) groups is 1. The molecule has 1 amide bonds. The Labute approximate surface area is 190 Å². The molecule has 0 saturated heterocycles. The lowest BCUT2D eigenvalue weighted by Gasteiger charge is -2.38. The summed E-state index contributed by atoms with van der Waals surface area (Å²) < 4.78 is 5.94. The normalized spacial score (nSPS) is 17.5. The van der Waals surface area contributed by atoms with Crippen LogP contribution in [0.3, 0.4) is 0 Å². The Kier molecular flexibility index (Phi) is 5.93. The average molecular weight is 427 g/mol. The van der Waals surface area contributed by atoms with Crippen LogP contribution in [0.1, 0.15) is 72.1 Å². The molecule has 164 valence electrons. The number of rotatable bonds is 7. The van der Waals surface area contributed by atoms with E-state index in [1.807, 2.05) is 30.3 Å². The molecule has 0 aliphatic heterocycles. The zero-order valence-electron chi connectivity index (χ0n) is 18.4. The standard InChI is InChI=1S/C28H30N2O2/c31-27(30-24-13-14-24)21-7-9-22(10-8-21)28(17-3-1-4-18-28)23-11-15-26(16-12-23)32-20-25-6-2-5-19-29-25/h2,5-12,15-16,19,24H,1,3-4,13-14,17-18,20H2,(H,30,31). The summed E-state index contributed by atoms with van der Waals surface area (Å²) in [5.74, 6) is 0.906. The van der Waals surface area contributed by atoms with Gasteiger partial charge in [0.25, 0.3) is 5.91 Å². The minimum Gasteiger partial charge on any atom is -0.487 e. The molecule has 1 N–H and O–H groups in total. The van der Waals surface area contributed by atoms with Gasteiger partial charge in [0, 0.05) is 23.2 Å². The molecule has 3 aromatic rings. The third kappa shape index (κ3) is 4.55. The van der Waals surface area contributed by atoms with Gasteiger partial charge in [0.15, 0.2) is 0 Å². The van der Waals surface area contributed by atoms with Crippen molar-refractivity contribution in [2.24, 2.45) is 0 Å². The van der Waals surface area contributed by atoms with Crippen molar-refractivity contribution in [1.29, 1.82) is 0 Å². The predicted molar refractivity (Wildman–Crippen MR) is 126 cm³/mol. The highest BCUT2D eigenvalue weighted by Gasteiger charge is 2.35. The topological polar surface area (TPSA) is 51.2 Å². The highest BCUT2D eigenvalue weighted by Crippen LogP contribution is 2.45. The van der Waals surface area contributed by atoms with Crippen LogP contribution < -0.4 is 10.1 Å². The molecule has 2 aliphatic carbocycles. The maximum absolute atomic E-state index is 12.4. The molecule has 0 radical (unpaired) electrons. The van der Waals surface area contributed by atoms with E-state index in [1.165, 1.54) is 30.4 Å². The summed E-state index contributed by atoms with van der Waals surface area (Å²) in [5, 5.41) is 3.08. The summed E-state index contributed by atoms with van der Waals surface area (Å²) >= 11 is 0. The van der Waals surface area contributed by atoms with E-state index in [2.05, 4.69) is 46.7 Å². The zero-order chi connectivity index (χ0) is 21.8. The number of ether oxygens (including phenoxy) is 1. The monoisotopic (exact) mass is 426 g/mol. The fraction of sp³-hybridized carbons (Fsp3) is 0.357. The van der Waals surface area contributed by atoms with Crippen LogP contribution in [0.25, 0.3) is 0 Å². The first-order valence-corrected chi connectivity index (χ1v) is 11.8. The first kappa shape index (κ1) is 20.7. The molecular weight excluding hydrogens is 396 g/mol. The van der Waals surface area contributed by atoms with E-state index >= 15 is 0 Å². The SMILES string of the molecule is O=C(NC1CC1)c1ccc(C2(c3ccc(OCc4ccccn4)cc3)CCCCC2)cc1. The van der Waals surface area contributed by atoms with Crippen molar-refractivity contribution in [1.82, 2.24) is 10.3 Å². The highest BCUT2D eigenvalue weighted by molar-refractivity contribution is 5.94. The Morgan fingerprint density at radius 1 is 0.906 bits per heavy atom. The summed E-state index contributed by atoms with van der Waals surface area (Å²) in [6.45, 7) is 0.468. The number of hydrogen-bond acceptors (Lipinski definition) is 3. The molecule has 4 nitrogen and oxygen atoms in total. The van der Waals surface area contributed by atoms with E-state index in [0.717, 1.165) is 42.7 Å². The molecular formula is C28H30N2O2. The minimum absolute atomic E-state index is 0.00324. The second-order valence-corrected chi connectivity index (χ2v) is 9.10. The fourth-order valence-electron chi connectivity index (χ4n) is 4.85. The van der Waals surface area contributed by atoms with Crippen LogP contribution in [0.2, 0.25) is 0 Å². The van der Waals surface area contributed by atoms with Gasteiger partial charge in [-0.05, 0) is 73.2 Å². The average Bonchev–Trinajstić information content (AvgIpc) is 3.68. The molecule has 0 unspecified atom stereocenters. The lowest BCUT2D eigenvalue weighted by atomic mass is 9.65. The number of amides is 1. The van der Waals surface area contributed by atoms with Crippen molar-refractivity contribution in [3.8, 4) is 5.75 Å². The van der Waals surface area contributed by atoms with Crippen LogP contribution in [0.15, 0.2) is 72.9 Å². The van der Waals surface area contributed by atoms with Crippen LogP contribution in [0, 0.1) is 0 Å². The molecule has 2 saturated carbocycles. The zero-order valence-corrected chi connectivity index (χ0v) is 18.4. The van der Waals surface area contributed by atoms with Crippen molar-refractivity contribution < 1.29 is 9.53 Å². The maximum Gasteiger partial charge on any atom is 0.251 e. The van der Waals surface area contributed by atoms with Crippen molar-refractivity contribution >= 4 is 5.91 Å². The second kappa shape index (κ2) is 9.15. The number of nitrogens with one attached hydrogen (secondary N) is 1. The van der Waals surface area contributed by atoms with Crippen LogP contribution in [-0.4, -0.2) is 16.9 Å². The van der Waals surface area contributed by atoms with Gasteiger partial charge in [0.2, 0.25) is 0 Å². The Balaban J connectivity index is 1.35. The Morgan fingerprint density at radius 3 is 2.22 bits per heavy atom. The molecule has 0 bridgehead atoms. The van der Waals surface area contributed by atoms with E-state index in [1.54, 1.807) is 6.20 Å². The number of pyridine rings is 1. The van der Waals surface area contributed by atoms with Gasteiger partial charge in [-0.2, -0.15) is 0 Å². The number of benzene rings is 2. The van der Waals surface area contributed by atoms with E-state index < -0.39 is 0 Å². The predicted octanol–water partition coefficient (Wildman–Crippen LogP) is 5.80. The first-order chi connectivity index (χ1) is 15.7. The molecule has 0 spiro atoms. The molecule has 1 heterocycles. The summed E-state index contributed by atoms with van der Waals surface area (Å²) in [4.78, 5) is 16.7.